The molecule has 0 saturated carbocycles. The SMILES string of the molecule is Cc1c(C(=O)NCCF)ccn1C. The lowest BCUT2D eigenvalue weighted by Gasteiger charge is -2.02. The molecule has 3 nitrogen and oxygen atoms in total. The summed E-state index contributed by atoms with van der Waals surface area (Å²) in [6, 6.07) is 1.73. The van der Waals surface area contributed by atoms with Crippen molar-refractivity contribution < 1.29 is 9.18 Å². The summed E-state index contributed by atoms with van der Waals surface area (Å²) in [5.74, 6) is -0.212. The maximum absolute atomic E-state index is 11.8. The van der Waals surface area contributed by atoms with Gasteiger partial charge in [-0.15, -0.1) is 0 Å². The van der Waals surface area contributed by atoms with Crippen LogP contribution in [0.4, 0.5) is 4.39 Å². The standard InChI is InChI=1S/C9H13FN2O/c1-7-8(3-6-12(7)2)9(13)11-5-4-10/h3,6H,4-5H2,1-2H3,(H,11,13). The van der Waals surface area contributed by atoms with Crippen LogP contribution in [-0.2, 0) is 7.05 Å². The molecule has 1 rings (SSSR count). The Morgan fingerprint density at radius 2 is 2.38 bits per heavy atom. The van der Waals surface area contributed by atoms with Crippen molar-refractivity contribution in [2.45, 2.75) is 6.92 Å². The van der Waals surface area contributed by atoms with Gasteiger partial charge in [-0.05, 0) is 13.0 Å². The average Bonchev–Trinajstić information content (AvgIpc) is 2.44. The second-order valence-corrected chi connectivity index (χ2v) is 2.87. The number of nitrogens with zero attached hydrogens (tertiary/aromatic N) is 1. The number of amides is 1. The first kappa shape index (κ1) is 9.77. The Kier molecular flexibility index (Phi) is 3.06. The second-order valence-electron chi connectivity index (χ2n) is 2.87. The topological polar surface area (TPSA) is 34.0 Å². The smallest absolute Gasteiger partial charge is 0.253 e. The number of carbonyl (C=O) groups excluding carboxylic acids is 1. The van der Waals surface area contributed by atoms with Crippen molar-refractivity contribution >= 4 is 5.91 Å². The summed E-state index contributed by atoms with van der Waals surface area (Å²) in [6.07, 6.45) is 1.81. The van der Waals surface area contributed by atoms with E-state index in [1.165, 1.54) is 0 Å². The van der Waals surface area contributed by atoms with Gasteiger partial charge in [0, 0.05) is 25.5 Å². The lowest BCUT2D eigenvalue weighted by molar-refractivity contribution is 0.0950. The number of alkyl halides is 1. The summed E-state index contributed by atoms with van der Waals surface area (Å²) in [6.45, 7) is 1.40. The Morgan fingerprint density at radius 3 is 2.85 bits per heavy atom. The first-order valence-corrected chi connectivity index (χ1v) is 4.13. The molecule has 1 aromatic heterocycles. The Morgan fingerprint density at radius 1 is 1.69 bits per heavy atom. The van der Waals surface area contributed by atoms with E-state index in [4.69, 9.17) is 0 Å². The van der Waals surface area contributed by atoms with Gasteiger partial charge in [0.2, 0.25) is 0 Å². The van der Waals surface area contributed by atoms with Crippen LogP contribution in [0.1, 0.15) is 16.1 Å². The van der Waals surface area contributed by atoms with E-state index in [2.05, 4.69) is 5.32 Å². The van der Waals surface area contributed by atoms with Crippen LogP contribution in [0.5, 0.6) is 0 Å². The number of aromatic nitrogens is 1. The Hall–Kier alpha value is -1.32. The van der Waals surface area contributed by atoms with Crippen LogP contribution in [-0.4, -0.2) is 23.7 Å². The van der Waals surface area contributed by atoms with E-state index in [-0.39, 0.29) is 12.5 Å². The molecular weight excluding hydrogens is 171 g/mol. The van der Waals surface area contributed by atoms with E-state index in [9.17, 15) is 9.18 Å². The number of rotatable bonds is 3. The fraction of sp³-hybridized carbons (Fsp3) is 0.444. The molecule has 1 amide bonds. The molecule has 0 aliphatic heterocycles. The van der Waals surface area contributed by atoms with E-state index in [1.54, 1.807) is 12.3 Å². The summed E-state index contributed by atoms with van der Waals surface area (Å²) >= 11 is 0. The summed E-state index contributed by atoms with van der Waals surface area (Å²) in [5.41, 5.74) is 1.49. The molecule has 0 atom stereocenters. The molecule has 0 fully saturated rings. The van der Waals surface area contributed by atoms with Crippen LogP contribution in [0.25, 0.3) is 0 Å². The van der Waals surface area contributed by atoms with Crippen molar-refractivity contribution in [2.24, 2.45) is 7.05 Å². The van der Waals surface area contributed by atoms with Gasteiger partial charge in [-0.25, -0.2) is 4.39 Å². The quantitative estimate of drug-likeness (QED) is 0.748. The van der Waals surface area contributed by atoms with Gasteiger partial charge in [-0.3, -0.25) is 4.79 Å². The van der Waals surface area contributed by atoms with Crippen molar-refractivity contribution in [3.63, 3.8) is 0 Å². The molecule has 72 valence electrons. The number of hydrogen-bond acceptors (Lipinski definition) is 1. The van der Waals surface area contributed by atoms with Gasteiger partial charge in [0.25, 0.3) is 5.91 Å². The molecule has 0 aliphatic carbocycles. The third kappa shape index (κ3) is 2.08. The van der Waals surface area contributed by atoms with Gasteiger partial charge in [-0.1, -0.05) is 0 Å². The van der Waals surface area contributed by atoms with Crippen LogP contribution in [0.2, 0.25) is 0 Å². The van der Waals surface area contributed by atoms with Crippen molar-refractivity contribution in [1.82, 2.24) is 9.88 Å². The molecule has 1 heterocycles. The van der Waals surface area contributed by atoms with Crippen molar-refractivity contribution in [3.8, 4) is 0 Å². The predicted molar refractivity (Wildman–Crippen MR) is 48.5 cm³/mol. The van der Waals surface area contributed by atoms with Crippen molar-refractivity contribution in [1.29, 1.82) is 0 Å². The number of nitrogens with one attached hydrogen (secondary N) is 1. The molecule has 0 radical (unpaired) electrons. The Balaban J connectivity index is 2.71. The molecule has 0 aliphatic rings. The van der Waals surface area contributed by atoms with Gasteiger partial charge in [0.1, 0.15) is 6.67 Å². The highest BCUT2D eigenvalue weighted by Crippen LogP contribution is 2.07. The van der Waals surface area contributed by atoms with Crippen LogP contribution in [0.3, 0.4) is 0 Å². The molecule has 0 aromatic carbocycles. The number of halogens is 1. The highest BCUT2D eigenvalue weighted by Gasteiger charge is 2.09. The summed E-state index contributed by atoms with van der Waals surface area (Å²) < 4.78 is 13.6. The molecule has 0 saturated heterocycles. The second kappa shape index (κ2) is 4.07. The van der Waals surface area contributed by atoms with E-state index < -0.39 is 6.67 Å². The molecule has 0 spiro atoms. The fourth-order valence-corrected chi connectivity index (χ4v) is 1.10. The van der Waals surface area contributed by atoms with E-state index in [0.717, 1.165) is 5.69 Å². The number of hydrogen-bond donors (Lipinski definition) is 1. The Labute approximate surface area is 76.6 Å². The van der Waals surface area contributed by atoms with Crippen LogP contribution in [0, 0.1) is 6.92 Å². The third-order valence-electron chi connectivity index (χ3n) is 2.01. The minimum Gasteiger partial charge on any atom is -0.354 e. The van der Waals surface area contributed by atoms with Crippen LogP contribution >= 0.6 is 0 Å². The molecule has 1 aromatic rings. The van der Waals surface area contributed by atoms with E-state index in [1.807, 2.05) is 18.5 Å². The number of aryl methyl sites for hydroxylation is 1. The average molecular weight is 184 g/mol. The lowest BCUT2D eigenvalue weighted by atomic mass is 10.2. The molecule has 0 bridgehead atoms. The summed E-state index contributed by atoms with van der Waals surface area (Å²) in [4.78, 5) is 11.3. The summed E-state index contributed by atoms with van der Waals surface area (Å²) in [5, 5.41) is 2.48. The van der Waals surface area contributed by atoms with Gasteiger partial charge < -0.3 is 9.88 Å². The predicted octanol–water partition coefficient (Wildman–Crippen LogP) is 1.03. The molecular formula is C9H13FN2O. The van der Waals surface area contributed by atoms with Crippen molar-refractivity contribution in [2.75, 3.05) is 13.2 Å². The molecule has 4 heteroatoms. The van der Waals surface area contributed by atoms with Gasteiger partial charge in [-0.2, -0.15) is 0 Å². The fourth-order valence-electron chi connectivity index (χ4n) is 1.10. The lowest BCUT2D eigenvalue weighted by Crippen LogP contribution is -2.25. The summed E-state index contributed by atoms with van der Waals surface area (Å²) in [7, 11) is 1.86. The third-order valence-corrected chi connectivity index (χ3v) is 2.01. The zero-order valence-electron chi connectivity index (χ0n) is 7.80. The van der Waals surface area contributed by atoms with E-state index >= 15 is 0 Å². The van der Waals surface area contributed by atoms with Gasteiger partial charge >= 0.3 is 0 Å². The monoisotopic (exact) mass is 184 g/mol. The first-order valence-electron chi connectivity index (χ1n) is 4.13. The zero-order valence-corrected chi connectivity index (χ0v) is 7.80. The molecule has 0 unspecified atom stereocenters. The largest absolute Gasteiger partial charge is 0.354 e. The normalized spacial score (nSPS) is 10.1. The molecule has 13 heavy (non-hydrogen) atoms. The maximum Gasteiger partial charge on any atom is 0.253 e. The maximum atomic E-state index is 11.8. The van der Waals surface area contributed by atoms with Crippen LogP contribution < -0.4 is 5.32 Å². The van der Waals surface area contributed by atoms with Gasteiger partial charge in [0.15, 0.2) is 0 Å². The van der Waals surface area contributed by atoms with Crippen LogP contribution in [0.15, 0.2) is 12.3 Å². The highest BCUT2D eigenvalue weighted by atomic mass is 19.1. The minimum absolute atomic E-state index is 0.0766. The number of carbonyl (C=O) groups is 1. The van der Waals surface area contributed by atoms with Crippen molar-refractivity contribution in [3.05, 3.63) is 23.5 Å². The minimum atomic E-state index is -0.530. The highest BCUT2D eigenvalue weighted by molar-refractivity contribution is 5.95. The van der Waals surface area contributed by atoms with Gasteiger partial charge in [0.05, 0.1) is 5.56 Å². The zero-order chi connectivity index (χ0) is 9.84. The van der Waals surface area contributed by atoms with E-state index in [0.29, 0.717) is 5.56 Å². The Bertz CT molecular complexity index is 307. The first-order chi connectivity index (χ1) is 6.16. The molecule has 1 N–H and O–H groups in total.